The number of hydrogen-bond donors (Lipinski definition) is 1. The predicted molar refractivity (Wildman–Crippen MR) is 113 cm³/mol. The number of imide groups is 1. The third-order valence-electron chi connectivity index (χ3n) is 4.80. The number of nitrogens with one attached hydrogen (secondary N) is 1. The van der Waals surface area contributed by atoms with Crippen LogP contribution in [-0.4, -0.2) is 65.1 Å². The molecule has 1 aliphatic heterocycles. The third kappa shape index (κ3) is 6.88. The van der Waals surface area contributed by atoms with Crippen molar-refractivity contribution in [2.24, 2.45) is 5.92 Å². The van der Waals surface area contributed by atoms with Gasteiger partial charge in [-0.3, -0.25) is 24.1 Å². The van der Waals surface area contributed by atoms with Gasteiger partial charge in [0.1, 0.15) is 0 Å². The topological polar surface area (TPSA) is 86.8 Å². The van der Waals surface area contributed by atoms with Crippen molar-refractivity contribution in [2.75, 3.05) is 26.4 Å². The zero-order valence-electron chi connectivity index (χ0n) is 17.2. The normalized spacial score (nSPS) is 17.3. The number of amides is 4. The van der Waals surface area contributed by atoms with Gasteiger partial charge in [-0.1, -0.05) is 37.3 Å². The van der Waals surface area contributed by atoms with Crippen LogP contribution in [0.5, 0.6) is 0 Å². The smallest absolute Gasteiger partial charge is 0.243 e. The molecule has 1 saturated heterocycles. The summed E-state index contributed by atoms with van der Waals surface area (Å²) >= 11 is 1.40. The quantitative estimate of drug-likeness (QED) is 0.460. The molecule has 0 saturated carbocycles. The molecule has 1 N–H and O–H groups in total. The summed E-state index contributed by atoms with van der Waals surface area (Å²) in [5, 5.41) is 2.42. The van der Waals surface area contributed by atoms with Gasteiger partial charge in [0, 0.05) is 45.2 Å². The fourth-order valence-electron chi connectivity index (χ4n) is 3.11. The van der Waals surface area contributed by atoms with E-state index in [2.05, 4.69) is 5.32 Å². The highest BCUT2D eigenvalue weighted by Gasteiger charge is 2.38. The molecule has 2 atom stereocenters. The van der Waals surface area contributed by atoms with Crippen molar-refractivity contribution >= 4 is 35.4 Å². The Morgan fingerprint density at radius 1 is 1.24 bits per heavy atom. The monoisotopic (exact) mass is 419 g/mol. The highest BCUT2D eigenvalue weighted by Crippen LogP contribution is 2.26. The minimum absolute atomic E-state index is 0.0119. The average Bonchev–Trinajstić information content (AvgIpc) is 2.97. The van der Waals surface area contributed by atoms with Crippen LogP contribution in [0.3, 0.4) is 0 Å². The van der Waals surface area contributed by atoms with Crippen LogP contribution in [0.25, 0.3) is 0 Å². The van der Waals surface area contributed by atoms with E-state index in [1.165, 1.54) is 21.6 Å². The average molecular weight is 420 g/mol. The molecule has 1 aromatic carbocycles. The first-order valence-corrected chi connectivity index (χ1v) is 10.8. The highest BCUT2D eigenvalue weighted by molar-refractivity contribution is 8.00. The lowest BCUT2D eigenvalue weighted by Gasteiger charge is -2.16. The minimum atomic E-state index is -0.388. The second-order valence-corrected chi connectivity index (χ2v) is 8.70. The molecule has 0 radical (unpaired) electrons. The Kier molecular flexibility index (Phi) is 8.70. The lowest BCUT2D eigenvalue weighted by molar-refractivity contribution is -0.139. The summed E-state index contributed by atoms with van der Waals surface area (Å²) in [4.78, 5) is 51.3. The first-order chi connectivity index (χ1) is 13.8. The molecule has 0 bridgehead atoms. The van der Waals surface area contributed by atoms with Crippen molar-refractivity contribution in [3.8, 4) is 0 Å². The van der Waals surface area contributed by atoms with Gasteiger partial charge in [0.2, 0.25) is 23.6 Å². The molecule has 0 spiro atoms. The van der Waals surface area contributed by atoms with Gasteiger partial charge in [-0.05, 0) is 12.0 Å². The van der Waals surface area contributed by atoms with Gasteiger partial charge >= 0.3 is 0 Å². The molecule has 4 amide bonds. The van der Waals surface area contributed by atoms with Crippen LogP contribution in [0.1, 0.15) is 31.7 Å². The minimum Gasteiger partial charge on any atom is -0.355 e. The van der Waals surface area contributed by atoms with E-state index in [0.717, 1.165) is 5.56 Å². The van der Waals surface area contributed by atoms with Crippen molar-refractivity contribution in [3.63, 3.8) is 0 Å². The first-order valence-electron chi connectivity index (χ1n) is 9.77. The number of likely N-dealkylation sites (tertiary alicyclic amines) is 1. The Morgan fingerprint density at radius 3 is 2.59 bits per heavy atom. The summed E-state index contributed by atoms with van der Waals surface area (Å²) < 4.78 is 0. The van der Waals surface area contributed by atoms with Crippen LogP contribution < -0.4 is 5.32 Å². The first kappa shape index (κ1) is 22.9. The second-order valence-electron chi connectivity index (χ2n) is 7.39. The molecule has 2 rings (SSSR count). The van der Waals surface area contributed by atoms with E-state index in [9.17, 15) is 19.2 Å². The molecule has 158 valence electrons. The largest absolute Gasteiger partial charge is 0.355 e. The van der Waals surface area contributed by atoms with E-state index in [-0.39, 0.29) is 47.6 Å². The third-order valence-corrected chi connectivity index (χ3v) is 6.01. The molecule has 0 aromatic heterocycles. The Balaban J connectivity index is 1.67. The fourth-order valence-corrected chi connectivity index (χ4v) is 4.14. The maximum Gasteiger partial charge on any atom is 0.243 e. The van der Waals surface area contributed by atoms with Gasteiger partial charge in [-0.15, -0.1) is 11.8 Å². The molecule has 7 nitrogen and oxygen atoms in total. The van der Waals surface area contributed by atoms with Crippen LogP contribution >= 0.6 is 11.8 Å². The summed E-state index contributed by atoms with van der Waals surface area (Å²) in [7, 11) is 3.40. The Labute approximate surface area is 176 Å². The number of carbonyl (C=O) groups is 4. The summed E-state index contributed by atoms with van der Waals surface area (Å²) in [5.41, 5.74) is 0.925. The molecule has 1 aromatic rings. The summed E-state index contributed by atoms with van der Waals surface area (Å²) in [6.45, 7) is 2.54. The van der Waals surface area contributed by atoms with Gasteiger partial charge in [0.05, 0.1) is 11.8 Å². The second kappa shape index (κ2) is 11.0. The van der Waals surface area contributed by atoms with Gasteiger partial charge in [-0.25, -0.2) is 0 Å². The maximum atomic E-state index is 12.5. The fraction of sp³-hybridized carbons (Fsp3) is 0.524. The Bertz CT molecular complexity index is 739. The van der Waals surface area contributed by atoms with Crippen LogP contribution in [0.4, 0.5) is 0 Å². The molecular formula is C21H29N3O4S. The van der Waals surface area contributed by atoms with E-state index in [4.69, 9.17) is 0 Å². The molecule has 1 aliphatic rings. The number of hydrogen-bond acceptors (Lipinski definition) is 5. The highest BCUT2D eigenvalue weighted by atomic mass is 32.2. The SMILES string of the molecule is CC(CCC(=O)NCCSC1CC(=O)N(Cc2ccccc2)C1=O)C(=O)N(C)C. The molecular weight excluding hydrogens is 390 g/mol. The number of thioether (sulfide) groups is 1. The lowest BCUT2D eigenvalue weighted by Crippen LogP contribution is -2.32. The summed E-state index contributed by atoms with van der Waals surface area (Å²) in [5.74, 6) is -0.0452. The summed E-state index contributed by atoms with van der Waals surface area (Å²) in [6.07, 6.45) is 0.992. The number of benzene rings is 1. The zero-order chi connectivity index (χ0) is 21.4. The van der Waals surface area contributed by atoms with E-state index in [0.29, 0.717) is 25.3 Å². The van der Waals surface area contributed by atoms with Gasteiger partial charge in [-0.2, -0.15) is 0 Å². The van der Waals surface area contributed by atoms with Gasteiger partial charge < -0.3 is 10.2 Å². The predicted octanol–water partition coefficient (Wildman–Crippen LogP) is 1.67. The van der Waals surface area contributed by atoms with E-state index in [1.807, 2.05) is 37.3 Å². The number of nitrogens with zero attached hydrogens (tertiary/aromatic N) is 2. The molecule has 2 unspecified atom stereocenters. The standard InChI is InChI=1S/C21H29N3O4S/c1-15(20(27)23(2)3)9-10-18(25)22-11-12-29-17-13-19(26)24(21(17)28)14-16-7-5-4-6-8-16/h4-8,15,17H,9-14H2,1-3H3,(H,22,25). The maximum absolute atomic E-state index is 12.5. The van der Waals surface area contributed by atoms with Crippen LogP contribution in [-0.2, 0) is 25.7 Å². The Morgan fingerprint density at radius 2 is 1.93 bits per heavy atom. The van der Waals surface area contributed by atoms with Crippen LogP contribution in [0.2, 0.25) is 0 Å². The van der Waals surface area contributed by atoms with Crippen molar-refractivity contribution in [3.05, 3.63) is 35.9 Å². The van der Waals surface area contributed by atoms with Crippen LogP contribution in [0, 0.1) is 5.92 Å². The molecule has 8 heteroatoms. The van der Waals surface area contributed by atoms with Crippen molar-refractivity contribution in [1.82, 2.24) is 15.1 Å². The van der Waals surface area contributed by atoms with E-state index >= 15 is 0 Å². The van der Waals surface area contributed by atoms with Gasteiger partial charge in [0.15, 0.2) is 0 Å². The number of carbonyl (C=O) groups excluding carboxylic acids is 4. The van der Waals surface area contributed by atoms with Crippen molar-refractivity contribution in [2.45, 2.75) is 38.0 Å². The van der Waals surface area contributed by atoms with E-state index in [1.54, 1.807) is 14.1 Å². The number of rotatable bonds is 10. The van der Waals surface area contributed by atoms with Gasteiger partial charge in [0.25, 0.3) is 0 Å². The lowest BCUT2D eigenvalue weighted by atomic mass is 10.0. The Hall–Kier alpha value is -2.35. The van der Waals surface area contributed by atoms with Crippen LogP contribution in [0.15, 0.2) is 30.3 Å². The van der Waals surface area contributed by atoms with E-state index < -0.39 is 0 Å². The summed E-state index contributed by atoms with van der Waals surface area (Å²) in [6, 6.07) is 9.44. The van der Waals surface area contributed by atoms with Crippen molar-refractivity contribution < 1.29 is 19.2 Å². The molecule has 0 aliphatic carbocycles. The zero-order valence-corrected chi connectivity index (χ0v) is 18.0. The molecule has 1 fully saturated rings. The molecule has 1 heterocycles. The molecule has 29 heavy (non-hydrogen) atoms. The van der Waals surface area contributed by atoms with Crippen molar-refractivity contribution in [1.29, 1.82) is 0 Å².